The molecule has 0 saturated heterocycles. The molecule has 0 aromatic heterocycles. The molecule has 0 heterocycles. The van der Waals surface area contributed by atoms with E-state index in [0.29, 0.717) is 12.2 Å². The van der Waals surface area contributed by atoms with Gasteiger partial charge in [-0.3, -0.25) is 4.79 Å². The molecular weight excluding hydrogens is 290 g/mol. The molecule has 4 nitrogen and oxygen atoms in total. The Bertz CT molecular complexity index is 639. The molecule has 3 rings (SSSR count). The van der Waals surface area contributed by atoms with Crippen molar-refractivity contribution in [3.05, 3.63) is 65.7 Å². The van der Waals surface area contributed by atoms with Crippen molar-refractivity contribution in [2.24, 2.45) is 0 Å². The molecule has 23 heavy (non-hydrogen) atoms. The number of aliphatic hydroxyl groups is 1. The Hall–Kier alpha value is -2.33. The van der Waals surface area contributed by atoms with Gasteiger partial charge in [0.15, 0.2) is 0 Å². The lowest BCUT2D eigenvalue weighted by molar-refractivity contribution is 0.0873. The van der Waals surface area contributed by atoms with E-state index >= 15 is 0 Å². The van der Waals surface area contributed by atoms with Gasteiger partial charge >= 0.3 is 0 Å². The van der Waals surface area contributed by atoms with Crippen LogP contribution < -0.4 is 10.1 Å². The van der Waals surface area contributed by atoms with Crippen LogP contribution >= 0.6 is 0 Å². The van der Waals surface area contributed by atoms with E-state index in [0.717, 1.165) is 30.6 Å². The minimum atomic E-state index is -0.424. The Balaban J connectivity index is 1.55. The summed E-state index contributed by atoms with van der Waals surface area (Å²) in [6, 6.07) is 16.9. The van der Waals surface area contributed by atoms with E-state index in [1.807, 2.05) is 30.3 Å². The summed E-state index contributed by atoms with van der Waals surface area (Å²) in [6.07, 6.45) is 2.13. The summed E-state index contributed by atoms with van der Waals surface area (Å²) in [4.78, 5) is 12.2. The predicted molar refractivity (Wildman–Crippen MR) is 88.3 cm³/mol. The first kappa shape index (κ1) is 15.6. The van der Waals surface area contributed by atoms with Crippen LogP contribution in [0.4, 0.5) is 0 Å². The molecule has 0 bridgehead atoms. The van der Waals surface area contributed by atoms with Gasteiger partial charge in [-0.2, -0.15) is 0 Å². The Labute approximate surface area is 136 Å². The lowest BCUT2D eigenvalue weighted by Gasteiger charge is -2.16. The topological polar surface area (TPSA) is 58.6 Å². The van der Waals surface area contributed by atoms with E-state index in [2.05, 4.69) is 5.32 Å². The maximum absolute atomic E-state index is 12.2. The van der Waals surface area contributed by atoms with E-state index in [-0.39, 0.29) is 11.9 Å². The molecule has 0 spiro atoms. The fourth-order valence-corrected chi connectivity index (χ4v) is 2.80. The number of hydrogen-bond acceptors (Lipinski definition) is 3. The Morgan fingerprint density at radius 2 is 1.83 bits per heavy atom. The molecule has 2 aromatic rings. The Morgan fingerprint density at radius 3 is 2.48 bits per heavy atom. The highest BCUT2D eigenvalue weighted by Crippen LogP contribution is 2.20. The predicted octanol–water partition coefficient (Wildman–Crippen LogP) is 2.91. The number of ether oxygens (including phenoxy) is 1. The summed E-state index contributed by atoms with van der Waals surface area (Å²) in [5.41, 5.74) is 1.68. The van der Waals surface area contributed by atoms with E-state index < -0.39 is 6.10 Å². The van der Waals surface area contributed by atoms with Crippen molar-refractivity contribution in [2.75, 3.05) is 0 Å². The first-order valence-corrected chi connectivity index (χ1v) is 7.98. The van der Waals surface area contributed by atoms with Crippen LogP contribution in [0.15, 0.2) is 54.6 Å². The minimum absolute atomic E-state index is 0.128. The summed E-state index contributed by atoms with van der Waals surface area (Å²) in [7, 11) is 0. The summed E-state index contributed by atoms with van der Waals surface area (Å²) in [5.74, 6) is 0.580. The molecule has 1 saturated carbocycles. The van der Waals surface area contributed by atoms with Gasteiger partial charge in [-0.25, -0.2) is 0 Å². The molecule has 1 aliphatic carbocycles. The number of benzene rings is 2. The van der Waals surface area contributed by atoms with Gasteiger partial charge in [0.2, 0.25) is 0 Å². The highest BCUT2D eigenvalue weighted by Gasteiger charge is 2.26. The summed E-state index contributed by atoms with van der Waals surface area (Å²) >= 11 is 0. The fraction of sp³-hybridized carbons (Fsp3) is 0.316. The lowest BCUT2D eigenvalue weighted by atomic mass is 10.1. The van der Waals surface area contributed by atoms with Gasteiger partial charge < -0.3 is 15.2 Å². The molecule has 2 unspecified atom stereocenters. The molecule has 4 heteroatoms. The third-order valence-electron chi connectivity index (χ3n) is 4.16. The van der Waals surface area contributed by atoms with E-state index in [4.69, 9.17) is 4.74 Å². The summed E-state index contributed by atoms with van der Waals surface area (Å²) in [5, 5.41) is 12.7. The van der Waals surface area contributed by atoms with Gasteiger partial charge in [-0.15, -0.1) is 0 Å². The zero-order valence-corrected chi connectivity index (χ0v) is 12.9. The first-order chi connectivity index (χ1) is 11.2. The smallest absolute Gasteiger partial charge is 0.251 e. The second kappa shape index (κ2) is 7.29. The SMILES string of the molecule is O=C(NC1CCCC1O)c1ccc(OCc2ccccc2)cc1. The van der Waals surface area contributed by atoms with Crippen LogP contribution in [0.2, 0.25) is 0 Å². The number of carbonyl (C=O) groups is 1. The van der Waals surface area contributed by atoms with E-state index in [9.17, 15) is 9.90 Å². The third-order valence-corrected chi connectivity index (χ3v) is 4.16. The number of nitrogens with one attached hydrogen (secondary N) is 1. The molecule has 1 fully saturated rings. The van der Waals surface area contributed by atoms with Crippen LogP contribution in [0.25, 0.3) is 0 Å². The van der Waals surface area contributed by atoms with Crippen molar-refractivity contribution in [3.8, 4) is 5.75 Å². The maximum atomic E-state index is 12.2. The Kier molecular flexibility index (Phi) is 4.93. The third kappa shape index (κ3) is 4.11. The van der Waals surface area contributed by atoms with Crippen LogP contribution in [0.5, 0.6) is 5.75 Å². The van der Waals surface area contributed by atoms with Crippen LogP contribution in [-0.4, -0.2) is 23.2 Å². The lowest BCUT2D eigenvalue weighted by Crippen LogP contribution is -2.39. The quantitative estimate of drug-likeness (QED) is 0.892. The van der Waals surface area contributed by atoms with Crippen LogP contribution in [-0.2, 0) is 6.61 Å². The van der Waals surface area contributed by atoms with Gasteiger partial charge in [0, 0.05) is 5.56 Å². The molecule has 1 aliphatic rings. The fourth-order valence-electron chi connectivity index (χ4n) is 2.80. The monoisotopic (exact) mass is 311 g/mol. The summed E-state index contributed by atoms with van der Waals surface area (Å²) in [6.45, 7) is 0.501. The number of hydrogen-bond donors (Lipinski definition) is 2. The molecular formula is C19H21NO3. The van der Waals surface area contributed by atoms with Gasteiger partial charge in [0.05, 0.1) is 12.1 Å². The van der Waals surface area contributed by atoms with Crippen molar-refractivity contribution in [3.63, 3.8) is 0 Å². The largest absolute Gasteiger partial charge is 0.489 e. The average molecular weight is 311 g/mol. The van der Waals surface area contributed by atoms with Gasteiger partial charge in [-0.1, -0.05) is 30.3 Å². The normalized spacial score (nSPS) is 20.2. The highest BCUT2D eigenvalue weighted by molar-refractivity contribution is 5.94. The van der Waals surface area contributed by atoms with E-state index in [1.165, 1.54) is 0 Å². The standard InChI is InChI=1S/C19H21NO3/c21-18-8-4-7-17(18)20-19(22)15-9-11-16(12-10-15)23-13-14-5-2-1-3-6-14/h1-3,5-6,9-12,17-18,21H,4,7-8,13H2,(H,20,22). The van der Waals surface area contributed by atoms with Crippen molar-refractivity contribution in [2.45, 2.75) is 38.0 Å². The molecule has 120 valence electrons. The number of aliphatic hydroxyl groups excluding tert-OH is 1. The molecule has 0 aliphatic heterocycles. The first-order valence-electron chi connectivity index (χ1n) is 7.98. The Morgan fingerprint density at radius 1 is 1.09 bits per heavy atom. The van der Waals surface area contributed by atoms with Crippen molar-refractivity contribution >= 4 is 5.91 Å². The van der Waals surface area contributed by atoms with Crippen LogP contribution in [0.3, 0.4) is 0 Å². The second-order valence-electron chi connectivity index (χ2n) is 5.88. The van der Waals surface area contributed by atoms with Gasteiger partial charge in [-0.05, 0) is 49.1 Å². The number of carbonyl (C=O) groups excluding carboxylic acids is 1. The van der Waals surface area contributed by atoms with Crippen LogP contribution in [0.1, 0.15) is 35.2 Å². The number of rotatable bonds is 5. The molecule has 1 amide bonds. The minimum Gasteiger partial charge on any atom is -0.489 e. The van der Waals surface area contributed by atoms with Crippen molar-refractivity contribution in [1.29, 1.82) is 0 Å². The molecule has 2 aromatic carbocycles. The zero-order valence-electron chi connectivity index (χ0n) is 12.9. The summed E-state index contributed by atoms with van der Waals surface area (Å²) < 4.78 is 5.71. The average Bonchev–Trinajstić information content (AvgIpc) is 2.99. The van der Waals surface area contributed by atoms with Gasteiger partial charge in [0.25, 0.3) is 5.91 Å². The molecule has 2 N–H and O–H groups in total. The second-order valence-corrected chi connectivity index (χ2v) is 5.88. The van der Waals surface area contributed by atoms with Crippen molar-refractivity contribution < 1.29 is 14.6 Å². The molecule has 0 radical (unpaired) electrons. The molecule has 2 atom stereocenters. The van der Waals surface area contributed by atoms with Gasteiger partial charge in [0.1, 0.15) is 12.4 Å². The van der Waals surface area contributed by atoms with E-state index in [1.54, 1.807) is 24.3 Å². The highest BCUT2D eigenvalue weighted by atomic mass is 16.5. The zero-order chi connectivity index (χ0) is 16.1. The van der Waals surface area contributed by atoms with Crippen molar-refractivity contribution in [1.82, 2.24) is 5.32 Å². The number of amides is 1. The maximum Gasteiger partial charge on any atom is 0.251 e. The van der Waals surface area contributed by atoms with Crippen LogP contribution in [0, 0.1) is 0 Å².